The van der Waals surface area contributed by atoms with Gasteiger partial charge < -0.3 is 10.6 Å². The Bertz CT molecular complexity index is 668. The van der Waals surface area contributed by atoms with E-state index in [1.54, 1.807) is 0 Å². The van der Waals surface area contributed by atoms with Crippen LogP contribution in [0.1, 0.15) is 30.5 Å². The standard InChI is InChI=1S/C22H29N3.2ClH/c1-18(2)16-22(25-14-12-23-13-15-25)20-8-10-21(11-9-20)24-17-19-6-4-3-5-7-19;;/h3-11,22-24H,1,12-17H2,2H3;2*1H/t22-;;/m1../s1. The normalized spacial score (nSPS) is 15.1. The average molecular weight is 408 g/mol. The lowest BCUT2D eigenvalue weighted by molar-refractivity contribution is 0.172. The molecule has 2 N–H and O–H groups in total. The summed E-state index contributed by atoms with van der Waals surface area (Å²) in [7, 11) is 0. The molecular weight excluding hydrogens is 377 g/mol. The fourth-order valence-electron chi connectivity index (χ4n) is 3.40. The fourth-order valence-corrected chi connectivity index (χ4v) is 3.40. The van der Waals surface area contributed by atoms with Crippen LogP contribution in [0.4, 0.5) is 5.69 Å². The van der Waals surface area contributed by atoms with Gasteiger partial charge in [0.2, 0.25) is 0 Å². The number of halogens is 2. The summed E-state index contributed by atoms with van der Waals surface area (Å²) in [5, 5.41) is 6.95. The monoisotopic (exact) mass is 407 g/mol. The number of nitrogens with zero attached hydrogens (tertiary/aromatic N) is 1. The largest absolute Gasteiger partial charge is 0.381 e. The van der Waals surface area contributed by atoms with Crippen LogP contribution < -0.4 is 10.6 Å². The minimum absolute atomic E-state index is 0. The third-order valence-corrected chi connectivity index (χ3v) is 4.77. The summed E-state index contributed by atoms with van der Waals surface area (Å²) < 4.78 is 0. The highest BCUT2D eigenvalue weighted by Crippen LogP contribution is 2.28. The number of hydrogen-bond donors (Lipinski definition) is 2. The Balaban J connectivity index is 0.00000182. The molecular formula is C22H31Cl2N3. The molecule has 0 saturated carbocycles. The molecule has 0 aliphatic carbocycles. The van der Waals surface area contributed by atoms with Crippen LogP contribution in [0.25, 0.3) is 0 Å². The minimum atomic E-state index is 0. The van der Waals surface area contributed by atoms with Crippen LogP contribution >= 0.6 is 24.8 Å². The molecule has 1 heterocycles. The van der Waals surface area contributed by atoms with Gasteiger partial charge in [0.05, 0.1) is 0 Å². The molecule has 3 rings (SSSR count). The van der Waals surface area contributed by atoms with Crippen molar-refractivity contribution in [1.82, 2.24) is 10.2 Å². The zero-order valence-electron chi connectivity index (χ0n) is 16.0. The first-order valence-corrected chi connectivity index (χ1v) is 9.19. The molecule has 0 bridgehead atoms. The summed E-state index contributed by atoms with van der Waals surface area (Å²) in [6.07, 6.45) is 1.02. The highest BCUT2D eigenvalue weighted by molar-refractivity contribution is 5.85. The number of hydrogen-bond acceptors (Lipinski definition) is 3. The van der Waals surface area contributed by atoms with Crippen molar-refractivity contribution in [3.05, 3.63) is 77.9 Å². The van der Waals surface area contributed by atoms with Crippen LogP contribution in [0.5, 0.6) is 0 Å². The molecule has 3 nitrogen and oxygen atoms in total. The molecule has 1 fully saturated rings. The quantitative estimate of drug-likeness (QED) is 0.628. The lowest BCUT2D eigenvalue weighted by atomic mass is 9.97. The van der Waals surface area contributed by atoms with Gasteiger partial charge in [-0.1, -0.05) is 48.0 Å². The molecule has 1 atom stereocenters. The van der Waals surface area contributed by atoms with Gasteiger partial charge in [-0.25, -0.2) is 0 Å². The first kappa shape index (κ1) is 23.5. The van der Waals surface area contributed by atoms with E-state index in [0.717, 1.165) is 39.1 Å². The van der Waals surface area contributed by atoms with Crippen LogP contribution in [-0.2, 0) is 6.54 Å². The molecule has 0 spiro atoms. The maximum absolute atomic E-state index is 4.14. The maximum Gasteiger partial charge on any atom is 0.0400 e. The van der Waals surface area contributed by atoms with E-state index in [2.05, 4.69) is 83.6 Å². The molecule has 27 heavy (non-hydrogen) atoms. The number of piperazine rings is 1. The third kappa shape index (κ3) is 7.19. The van der Waals surface area contributed by atoms with E-state index in [4.69, 9.17) is 0 Å². The van der Waals surface area contributed by atoms with Crippen molar-refractivity contribution < 1.29 is 0 Å². The molecule has 1 aliphatic rings. The topological polar surface area (TPSA) is 27.3 Å². The van der Waals surface area contributed by atoms with Crippen molar-refractivity contribution in [2.75, 3.05) is 31.5 Å². The Labute approximate surface area is 176 Å². The van der Waals surface area contributed by atoms with E-state index in [-0.39, 0.29) is 24.8 Å². The lowest BCUT2D eigenvalue weighted by Gasteiger charge is -2.35. The van der Waals surface area contributed by atoms with Crippen molar-refractivity contribution in [3.63, 3.8) is 0 Å². The van der Waals surface area contributed by atoms with Crippen molar-refractivity contribution in [1.29, 1.82) is 0 Å². The Hall–Kier alpha value is -1.52. The highest BCUT2D eigenvalue weighted by Gasteiger charge is 2.22. The summed E-state index contributed by atoms with van der Waals surface area (Å²) in [5.41, 5.74) is 5.10. The van der Waals surface area contributed by atoms with Gasteiger partial charge in [-0.05, 0) is 36.6 Å². The zero-order chi connectivity index (χ0) is 17.5. The fraction of sp³-hybridized carbons (Fsp3) is 0.364. The van der Waals surface area contributed by atoms with Gasteiger partial charge in [-0.3, -0.25) is 4.90 Å². The molecule has 2 aromatic rings. The SMILES string of the molecule is C=C(C)C[C@H](c1ccc(NCc2ccccc2)cc1)N1CCNCC1.Cl.Cl. The van der Waals surface area contributed by atoms with Gasteiger partial charge in [0.25, 0.3) is 0 Å². The number of anilines is 1. The summed E-state index contributed by atoms with van der Waals surface area (Å²) >= 11 is 0. The van der Waals surface area contributed by atoms with Gasteiger partial charge in [0.1, 0.15) is 0 Å². The van der Waals surface area contributed by atoms with Crippen LogP contribution in [-0.4, -0.2) is 31.1 Å². The van der Waals surface area contributed by atoms with Gasteiger partial charge in [0.15, 0.2) is 0 Å². The number of rotatable bonds is 7. The lowest BCUT2D eigenvalue weighted by Crippen LogP contribution is -2.45. The van der Waals surface area contributed by atoms with Crippen LogP contribution in [0, 0.1) is 0 Å². The second-order valence-corrected chi connectivity index (χ2v) is 6.92. The van der Waals surface area contributed by atoms with Crippen molar-refractivity contribution in [2.45, 2.75) is 25.9 Å². The second kappa shape index (κ2) is 12.0. The van der Waals surface area contributed by atoms with Gasteiger partial charge in [-0.2, -0.15) is 0 Å². The molecule has 0 amide bonds. The summed E-state index contributed by atoms with van der Waals surface area (Å²) in [6, 6.07) is 19.9. The Morgan fingerprint density at radius 1 is 1.04 bits per heavy atom. The smallest absolute Gasteiger partial charge is 0.0400 e. The zero-order valence-corrected chi connectivity index (χ0v) is 17.6. The molecule has 2 aromatic carbocycles. The summed E-state index contributed by atoms with van der Waals surface area (Å²) in [6.45, 7) is 11.5. The van der Waals surface area contributed by atoms with Crippen molar-refractivity contribution in [3.8, 4) is 0 Å². The van der Waals surface area contributed by atoms with Crippen molar-refractivity contribution >= 4 is 30.5 Å². The van der Waals surface area contributed by atoms with Crippen LogP contribution in [0.2, 0.25) is 0 Å². The minimum Gasteiger partial charge on any atom is -0.381 e. The predicted octanol–water partition coefficient (Wildman–Crippen LogP) is 5.05. The van der Waals surface area contributed by atoms with E-state index in [1.165, 1.54) is 22.4 Å². The average Bonchev–Trinajstić information content (AvgIpc) is 2.66. The van der Waals surface area contributed by atoms with E-state index < -0.39 is 0 Å². The molecule has 0 radical (unpaired) electrons. The molecule has 148 valence electrons. The predicted molar refractivity (Wildman–Crippen MR) is 121 cm³/mol. The molecule has 1 saturated heterocycles. The van der Waals surface area contributed by atoms with E-state index >= 15 is 0 Å². The van der Waals surface area contributed by atoms with Crippen LogP contribution in [0.15, 0.2) is 66.7 Å². The first-order chi connectivity index (χ1) is 12.2. The Morgan fingerprint density at radius 2 is 1.67 bits per heavy atom. The molecule has 0 aromatic heterocycles. The molecule has 5 heteroatoms. The number of benzene rings is 2. The molecule has 1 aliphatic heterocycles. The first-order valence-electron chi connectivity index (χ1n) is 9.19. The second-order valence-electron chi connectivity index (χ2n) is 6.92. The van der Waals surface area contributed by atoms with Gasteiger partial charge in [0, 0.05) is 44.5 Å². The van der Waals surface area contributed by atoms with Crippen molar-refractivity contribution in [2.24, 2.45) is 0 Å². The molecule has 0 unspecified atom stereocenters. The van der Waals surface area contributed by atoms with E-state index in [9.17, 15) is 0 Å². The highest BCUT2D eigenvalue weighted by atomic mass is 35.5. The van der Waals surface area contributed by atoms with Gasteiger partial charge >= 0.3 is 0 Å². The Morgan fingerprint density at radius 3 is 2.26 bits per heavy atom. The summed E-state index contributed by atoms with van der Waals surface area (Å²) in [4.78, 5) is 2.58. The number of nitrogens with one attached hydrogen (secondary N) is 2. The van der Waals surface area contributed by atoms with Crippen LogP contribution in [0.3, 0.4) is 0 Å². The maximum atomic E-state index is 4.14. The Kier molecular flexibility index (Phi) is 10.5. The third-order valence-electron chi connectivity index (χ3n) is 4.77. The van der Waals surface area contributed by atoms with Gasteiger partial charge in [-0.15, -0.1) is 31.4 Å². The summed E-state index contributed by atoms with van der Waals surface area (Å²) in [5.74, 6) is 0. The van der Waals surface area contributed by atoms with E-state index in [1.807, 2.05) is 0 Å². The van der Waals surface area contributed by atoms with E-state index in [0.29, 0.717) is 6.04 Å².